The lowest BCUT2D eigenvalue weighted by molar-refractivity contribution is -0.0473. The Hall–Kier alpha value is -1.48. The van der Waals surface area contributed by atoms with Crippen molar-refractivity contribution in [3.63, 3.8) is 0 Å². The van der Waals surface area contributed by atoms with Crippen molar-refractivity contribution in [3.05, 3.63) is 34.9 Å². The first-order chi connectivity index (χ1) is 17.8. The monoisotopic (exact) mass is 543 g/mol. The number of carbonyl (C=O) groups excluding carboxylic acids is 1. The minimum absolute atomic E-state index is 0.0544. The number of likely N-dealkylation sites (tertiary alicyclic amines) is 1. The third-order valence-corrected chi connectivity index (χ3v) is 7.75. The number of nitrogens with one attached hydrogen (secondary N) is 2. The van der Waals surface area contributed by atoms with Gasteiger partial charge in [-0.2, -0.15) is 0 Å². The van der Waals surface area contributed by atoms with Crippen molar-refractivity contribution in [2.24, 2.45) is 11.8 Å². The number of carbonyl (C=O) groups is 1. The summed E-state index contributed by atoms with van der Waals surface area (Å²) in [4.78, 5) is 15.2. The van der Waals surface area contributed by atoms with Crippen molar-refractivity contribution >= 4 is 17.6 Å². The van der Waals surface area contributed by atoms with Crippen molar-refractivity contribution < 1.29 is 23.0 Å². The van der Waals surface area contributed by atoms with Crippen LogP contribution in [0.3, 0.4) is 0 Å². The molecule has 0 bridgehead atoms. The van der Waals surface area contributed by atoms with Crippen LogP contribution in [-0.2, 0) is 9.47 Å². The van der Waals surface area contributed by atoms with Crippen LogP contribution in [0.2, 0.25) is 5.02 Å². The molecule has 6 nitrogen and oxygen atoms in total. The van der Waals surface area contributed by atoms with Gasteiger partial charge in [-0.05, 0) is 76.1 Å². The summed E-state index contributed by atoms with van der Waals surface area (Å²) in [6.07, 6.45) is 4.13. The maximum atomic E-state index is 13.6. The molecule has 9 heteroatoms. The van der Waals surface area contributed by atoms with Gasteiger partial charge in [0.2, 0.25) is 5.92 Å². The Bertz CT molecular complexity index is 822. The van der Waals surface area contributed by atoms with Gasteiger partial charge in [0.15, 0.2) is 0 Å². The van der Waals surface area contributed by atoms with Gasteiger partial charge < -0.3 is 25.0 Å². The highest BCUT2D eigenvalue weighted by molar-refractivity contribution is 6.30. The Kier molecular flexibility index (Phi) is 12.3. The molecular formula is C28H44ClF2N3O3. The van der Waals surface area contributed by atoms with Crippen LogP contribution in [-0.4, -0.2) is 69.4 Å². The van der Waals surface area contributed by atoms with E-state index in [9.17, 15) is 13.6 Å². The average Bonchev–Trinajstić information content (AvgIpc) is 2.87. The van der Waals surface area contributed by atoms with Gasteiger partial charge in [0.1, 0.15) is 0 Å². The van der Waals surface area contributed by atoms with E-state index in [4.69, 9.17) is 21.1 Å². The second-order valence-electron chi connectivity index (χ2n) is 10.5. The number of piperidine rings is 1. The van der Waals surface area contributed by atoms with Crippen LogP contribution in [0, 0.1) is 11.8 Å². The molecule has 1 aromatic carbocycles. The summed E-state index contributed by atoms with van der Waals surface area (Å²) in [5.74, 6) is -2.18. The highest BCUT2D eigenvalue weighted by Gasteiger charge is 2.36. The van der Waals surface area contributed by atoms with Crippen LogP contribution >= 0.6 is 11.6 Å². The summed E-state index contributed by atoms with van der Waals surface area (Å²) < 4.78 is 39.0. The van der Waals surface area contributed by atoms with E-state index in [0.717, 1.165) is 24.8 Å². The van der Waals surface area contributed by atoms with Crippen LogP contribution in [0.5, 0.6) is 0 Å². The highest BCUT2D eigenvalue weighted by Crippen LogP contribution is 2.38. The molecule has 2 fully saturated rings. The fraction of sp³-hybridized carbons (Fsp3) is 0.750. The first kappa shape index (κ1) is 30.1. The smallest absolute Gasteiger partial charge is 0.317 e. The molecule has 3 atom stereocenters. The van der Waals surface area contributed by atoms with Crippen molar-refractivity contribution in [3.8, 4) is 0 Å². The van der Waals surface area contributed by atoms with E-state index in [1.54, 1.807) is 0 Å². The number of nitrogens with zero attached hydrogens (tertiary/aromatic N) is 1. The third kappa shape index (κ3) is 9.97. The number of halogens is 3. The Balaban J connectivity index is 1.60. The first-order valence-corrected chi connectivity index (χ1v) is 14.2. The van der Waals surface area contributed by atoms with Gasteiger partial charge in [0.05, 0.1) is 6.10 Å². The summed E-state index contributed by atoms with van der Waals surface area (Å²) in [7, 11) is 1.85. The minimum Gasteiger partial charge on any atom is -0.382 e. The van der Waals surface area contributed by atoms with E-state index < -0.39 is 5.92 Å². The lowest BCUT2D eigenvalue weighted by Crippen LogP contribution is -2.52. The predicted octanol–water partition coefficient (Wildman–Crippen LogP) is 6.05. The number of hydrogen-bond acceptors (Lipinski definition) is 4. The Morgan fingerprint density at radius 2 is 2.03 bits per heavy atom. The summed E-state index contributed by atoms with van der Waals surface area (Å²) in [6, 6.07) is 7.59. The Morgan fingerprint density at radius 3 is 2.73 bits per heavy atom. The number of amides is 2. The number of likely N-dealkylation sites (N-methyl/N-ethyl adjacent to an activating group) is 1. The zero-order valence-electron chi connectivity index (χ0n) is 22.3. The number of alkyl halides is 2. The molecule has 0 aromatic heterocycles. The van der Waals surface area contributed by atoms with Gasteiger partial charge in [-0.3, -0.25) is 0 Å². The topological polar surface area (TPSA) is 62.8 Å². The molecule has 1 aliphatic heterocycles. The normalized spacial score (nSPS) is 22.0. The highest BCUT2D eigenvalue weighted by atomic mass is 35.5. The maximum Gasteiger partial charge on any atom is 0.317 e. The molecule has 2 N–H and O–H groups in total. The van der Waals surface area contributed by atoms with E-state index in [0.29, 0.717) is 63.7 Å². The Morgan fingerprint density at radius 1 is 1.24 bits per heavy atom. The number of benzene rings is 1. The minimum atomic E-state index is -2.54. The van der Waals surface area contributed by atoms with Gasteiger partial charge in [-0.25, -0.2) is 13.6 Å². The zero-order valence-corrected chi connectivity index (χ0v) is 23.1. The standard InChI is InChI=1S/C28H44ClF2N3O3/c1-3-36-15-6-16-37-26(22-7-4-9-24(29)18-22)23-8-5-14-34(20-23)27(35)33-25(19-32-2)17-21-10-12-28(30,31)13-11-21/h4,7,9,18,21,23,25-26,32H,3,5-6,8,10-17,19-20H2,1-2H3,(H,33,35)/t23-,25?,26+/m1/s1. The van der Waals surface area contributed by atoms with Crippen molar-refractivity contribution in [2.75, 3.05) is 46.5 Å². The van der Waals surface area contributed by atoms with Crippen molar-refractivity contribution in [1.29, 1.82) is 0 Å². The predicted molar refractivity (Wildman–Crippen MR) is 143 cm³/mol. The van der Waals surface area contributed by atoms with Crippen LogP contribution in [0.1, 0.15) is 70.0 Å². The van der Waals surface area contributed by atoms with E-state index in [-0.39, 0.29) is 42.9 Å². The lowest BCUT2D eigenvalue weighted by Gasteiger charge is -2.38. The maximum absolute atomic E-state index is 13.6. The quantitative estimate of drug-likeness (QED) is 0.297. The molecular weight excluding hydrogens is 500 g/mol. The number of rotatable bonds is 13. The molecule has 2 amide bonds. The van der Waals surface area contributed by atoms with Crippen LogP contribution in [0.25, 0.3) is 0 Å². The SMILES string of the molecule is CCOCCCO[C@@H](c1cccc(Cl)c1)[C@@H]1CCCN(C(=O)NC(CNC)CC2CCC(F)(F)CC2)C1. The average molecular weight is 544 g/mol. The van der Waals surface area contributed by atoms with E-state index in [2.05, 4.69) is 10.6 Å². The van der Waals surface area contributed by atoms with Gasteiger partial charge in [0, 0.05) is 69.3 Å². The molecule has 37 heavy (non-hydrogen) atoms. The number of ether oxygens (including phenoxy) is 2. The van der Waals surface area contributed by atoms with E-state index >= 15 is 0 Å². The van der Waals surface area contributed by atoms with Crippen LogP contribution < -0.4 is 10.6 Å². The van der Waals surface area contributed by atoms with Gasteiger partial charge >= 0.3 is 6.03 Å². The molecule has 1 aliphatic carbocycles. The Labute approximate surface area is 225 Å². The van der Waals surface area contributed by atoms with Crippen LogP contribution in [0.15, 0.2) is 24.3 Å². The summed E-state index contributed by atoms with van der Waals surface area (Å²) >= 11 is 6.29. The molecule has 1 unspecified atom stereocenters. The van der Waals surface area contributed by atoms with Gasteiger partial charge in [0.25, 0.3) is 0 Å². The van der Waals surface area contributed by atoms with E-state index in [1.807, 2.05) is 43.1 Å². The fourth-order valence-corrected chi connectivity index (χ4v) is 5.79. The molecule has 0 radical (unpaired) electrons. The molecule has 1 aromatic rings. The molecule has 210 valence electrons. The largest absolute Gasteiger partial charge is 0.382 e. The molecule has 1 saturated heterocycles. The lowest BCUT2D eigenvalue weighted by atomic mass is 9.83. The molecule has 3 rings (SSSR count). The van der Waals surface area contributed by atoms with Gasteiger partial charge in [-0.15, -0.1) is 0 Å². The zero-order chi connectivity index (χ0) is 26.7. The fourth-order valence-electron chi connectivity index (χ4n) is 5.59. The van der Waals surface area contributed by atoms with Crippen molar-refractivity contribution in [1.82, 2.24) is 15.5 Å². The molecule has 1 saturated carbocycles. The third-order valence-electron chi connectivity index (χ3n) is 7.52. The number of urea groups is 1. The molecule has 0 spiro atoms. The molecule has 1 heterocycles. The van der Waals surface area contributed by atoms with Crippen LogP contribution in [0.4, 0.5) is 13.6 Å². The van der Waals surface area contributed by atoms with Crippen molar-refractivity contribution in [2.45, 2.75) is 76.4 Å². The first-order valence-electron chi connectivity index (χ1n) is 13.8. The molecule has 2 aliphatic rings. The summed E-state index contributed by atoms with van der Waals surface area (Å²) in [5.41, 5.74) is 1.03. The second-order valence-corrected chi connectivity index (χ2v) is 10.9. The van der Waals surface area contributed by atoms with E-state index in [1.165, 1.54) is 0 Å². The summed E-state index contributed by atoms with van der Waals surface area (Å²) in [5, 5.41) is 7.01. The summed E-state index contributed by atoms with van der Waals surface area (Å²) in [6.45, 7) is 5.80. The number of hydrogen-bond donors (Lipinski definition) is 2. The second kappa shape index (κ2) is 15.2. The van der Waals surface area contributed by atoms with Gasteiger partial charge in [-0.1, -0.05) is 23.7 Å².